The van der Waals surface area contributed by atoms with Crippen LogP contribution in [0.2, 0.25) is 0 Å². The molecule has 118 valence electrons. The highest BCUT2D eigenvalue weighted by Gasteiger charge is 2.22. The van der Waals surface area contributed by atoms with Crippen LogP contribution < -0.4 is 9.64 Å². The van der Waals surface area contributed by atoms with Gasteiger partial charge < -0.3 is 14.5 Å². The van der Waals surface area contributed by atoms with Gasteiger partial charge in [0.15, 0.2) is 0 Å². The number of anilines is 1. The molecule has 0 radical (unpaired) electrons. The zero-order valence-corrected chi connectivity index (χ0v) is 14.4. The summed E-state index contributed by atoms with van der Waals surface area (Å²) in [6.07, 6.45) is 2.49. The molecule has 0 unspecified atom stereocenters. The molecule has 2 rings (SSSR count). The maximum atomic E-state index is 5.95. The molecular formula is C18H30N2O. The first-order valence-electron chi connectivity index (χ1n) is 7.97. The molecule has 1 aromatic rings. The molecule has 0 saturated carbocycles. The summed E-state index contributed by atoms with van der Waals surface area (Å²) in [5.74, 6) is 0.959. The smallest absolute Gasteiger partial charge is 0.120 e. The van der Waals surface area contributed by atoms with Crippen molar-refractivity contribution in [3.63, 3.8) is 0 Å². The Hall–Kier alpha value is -1.22. The Balaban J connectivity index is 2.09. The summed E-state index contributed by atoms with van der Waals surface area (Å²) in [4.78, 5) is 4.86. The standard InChI is InChI=1S/C18H30N2O/c1-14-13-16(21-18(2,3)4)7-8-17(14)20(6)15-9-11-19(5)12-10-15/h7-8,13,15H,9-12H2,1-6H3. The van der Waals surface area contributed by atoms with E-state index < -0.39 is 0 Å². The van der Waals surface area contributed by atoms with Crippen molar-refractivity contribution in [2.24, 2.45) is 0 Å². The maximum Gasteiger partial charge on any atom is 0.120 e. The molecule has 0 spiro atoms. The first-order valence-corrected chi connectivity index (χ1v) is 7.97. The molecule has 3 heteroatoms. The van der Waals surface area contributed by atoms with Crippen LogP contribution in [0.5, 0.6) is 5.75 Å². The normalized spacial score (nSPS) is 17.8. The van der Waals surface area contributed by atoms with E-state index in [0.717, 1.165) is 5.75 Å². The zero-order chi connectivity index (χ0) is 15.6. The lowest BCUT2D eigenvalue weighted by Gasteiger charge is -2.37. The lowest BCUT2D eigenvalue weighted by molar-refractivity contribution is 0.131. The van der Waals surface area contributed by atoms with Gasteiger partial charge in [-0.1, -0.05) is 0 Å². The van der Waals surface area contributed by atoms with E-state index >= 15 is 0 Å². The lowest BCUT2D eigenvalue weighted by atomic mass is 10.0. The van der Waals surface area contributed by atoms with Crippen LogP contribution in [0.1, 0.15) is 39.2 Å². The highest BCUT2D eigenvalue weighted by molar-refractivity contribution is 5.56. The van der Waals surface area contributed by atoms with E-state index in [2.05, 4.69) is 69.8 Å². The summed E-state index contributed by atoms with van der Waals surface area (Å²) in [5.41, 5.74) is 2.47. The highest BCUT2D eigenvalue weighted by atomic mass is 16.5. The van der Waals surface area contributed by atoms with E-state index in [0.29, 0.717) is 6.04 Å². The van der Waals surface area contributed by atoms with Crippen LogP contribution in [-0.4, -0.2) is 43.7 Å². The average Bonchev–Trinajstić information content (AvgIpc) is 2.37. The minimum Gasteiger partial charge on any atom is -0.488 e. The van der Waals surface area contributed by atoms with Crippen molar-refractivity contribution in [3.8, 4) is 5.75 Å². The molecule has 0 atom stereocenters. The molecule has 21 heavy (non-hydrogen) atoms. The summed E-state index contributed by atoms with van der Waals surface area (Å²) < 4.78 is 5.95. The third kappa shape index (κ3) is 4.37. The van der Waals surface area contributed by atoms with Crippen molar-refractivity contribution >= 4 is 5.69 Å². The van der Waals surface area contributed by atoms with E-state index in [1.165, 1.54) is 37.2 Å². The lowest BCUT2D eigenvalue weighted by Crippen LogP contribution is -2.42. The molecule has 1 heterocycles. The number of rotatable bonds is 3. The molecule has 1 fully saturated rings. The molecule has 1 aliphatic heterocycles. The van der Waals surface area contributed by atoms with E-state index in [4.69, 9.17) is 4.74 Å². The van der Waals surface area contributed by atoms with Gasteiger partial charge in [-0.2, -0.15) is 0 Å². The minimum atomic E-state index is -0.145. The third-order valence-electron chi connectivity index (χ3n) is 4.21. The van der Waals surface area contributed by atoms with E-state index in [-0.39, 0.29) is 5.60 Å². The SMILES string of the molecule is Cc1cc(OC(C)(C)C)ccc1N(C)C1CCN(C)CC1. The largest absolute Gasteiger partial charge is 0.488 e. The van der Waals surface area contributed by atoms with E-state index in [1.807, 2.05) is 0 Å². The topological polar surface area (TPSA) is 15.7 Å². The Morgan fingerprint density at radius 3 is 2.33 bits per heavy atom. The molecule has 1 aliphatic rings. The van der Waals surface area contributed by atoms with Gasteiger partial charge in [0.1, 0.15) is 11.4 Å². The van der Waals surface area contributed by atoms with Crippen LogP contribution in [0.4, 0.5) is 5.69 Å². The Bertz CT molecular complexity index is 471. The summed E-state index contributed by atoms with van der Waals surface area (Å²) in [6.45, 7) is 10.8. The second-order valence-electron chi connectivity index (χ2n) is 7.31. The van der Waals surface area contributed by atoms with Crippen LogP contribution in [-0.2, 0) is 0 Å². The number of likely N-dealkylation sites (tertiary alicyclic amines) is 1. The van der Waals surface area contributed by atoms with Gasteiger partial charge >= 0.3 is 0 Å². The molecule has 0 aliphatic carbocycles. The summed E-state index contributed by atoms with van der Waals surface area (Å²) in [7, 11) is 4.43. The van der Waals surface area contributed by atoms with Crippen molar-refractivity contribution in [1.29, 1.82) is 0 Å². The molecular weight excluding hydrogens is 260 g/mol. The van der Waals surface area contributed by atoms with Crippen molar-refractivity contribution in [3.05, 3.63) is 23.8 Å². The minimum absolute atomic E-state index is 0.145. The van der Waals surface area contributed by atoms with Crippen LogP contribution in [0.15, 0.2) is 18.2 Å². The fourth-order valence-electron chi connectivity index (χ4n) is 3.02. The molecule has 0 amide bonds. The molecule has 0 bridgehead atoms. The fraction of sp³-hybridized carbons (Fsp3) is 0.667. The monoisotopic (exact) mass is 290 g/mol. The fourth-order valence-corrected chi connectivity index (χ4v) is 3.02. The van der Waals surface area contributed by atoms with Gasteiger partial charge in [0.25, 0.3) is 0 Å². The quantitative estimate of drug-likeness (QED) is 0.844. The van der Waals surface area contributed by atoms with E-state index in [9.17, 15) is 0 Å². The molecule has 0 N–H and O–H groups in total. The second-order valence-corrected chi connectivity index (χ2v) is 7.31. The predicted molar refractivity (Wildman–Crippen MR) is 90.5 cm³/mol. The summed E-state index contributed by atoms with van der Waals surface area (Å²) >= 11 is 0. The number of nitrogens with zero attached hydrogens (tertiary/aromatic N) is 2. The van der Waals surface area contributed by atoms with Gasteiger partial charge in [0, 0.05) is 18.8 Å². The van der Waals surface area contributed by atoms with Gasteiger partial charge in [0.05, 0.1) is 0 Å². The summed E-state index contributed by atoms with van der Waals surface area (Å²) in [5, 5.41) is 0. The maximum absolute atomic E-state index is 5.95. The Morgan fingerprint density at radius 2 is 1.81 bits per heavy atom. The second kappa shape index (κ2) is 6.27. The van der Waals surface area contributed by atoms with Crippen molar-refractivity contribution in [2.45, 2.75) is 52.2 Å². The first-order chi connectivity index (χ1) is 9.76. The van der Waals surface area contributed by atoms with Gasteiger partial charge in [-0.25, -0.2) is 0 Å². The molecule has 1 aromatic carbocycles. The zero-order valence-electron chi connectivity index (χ0n) is 14.4. The number of hydrogen-bond donors (Lipinski definition) is 0. The molecule has 1 saturated heterocycles. The highest BCUT2D eigenvalue weighted by Crippen LogP contribution is 2.29. The van der Waals surface area contributed by atoms with Crippen LogP contribution in [0, 0.1) is 6.92 Å². The average molecular weight is 290 g/mol. The third-order valence-corrected chi connectivity index (χ3v) is 4.21. The van der Waals surface area contributed by atoms with Crippen molar-refractivity contribution in [2.75, 3.05) is 32.1 Å². The Morgan fingerprint density at radius 1 is 1.19 bits per heavy atom. The van der Waals surface area contributed by atoms with Crippen molar-refractivity contribution < 1.29 is 4.74 Å². The van der Waals surface area contributed by atoms with Crippen LogP contribution in [0.25, 0.3) is 0 Å². The predicted octanol–water partition coefficient (Wildman–Crippen LogP) is 3.70. The van der Waals surface area contributed by atoms with E-state index in [1.54, 1.807) is 0 Å². The number of piperidine rings is 1. The Kier molecular flexibility index (Phi) is 4.82. The van der Waals surface area contributed by atoms with Gasteiger partial charge in [-0.15, -0.1) is 0 Å². The Labute approximate surface area is 129 Å². The number of benzene rings is 1. The molecule has 3 nitrogen and oxygen atoms in total. The van der Waals surface area contributed by atoms with Crippen molar-refractivity contribution in [1.82, 2.24) is 4.90 Å². The molecule has 0 aromatic heterocycles. The number of aryl methyl sites for hydroxylation is 1. The number of hydrogen-bond acceptors (Lipinski definition) is 3. The number of ether oxygens (including phenoxy) is 1. The van der Waals surface area contributed by atoms with Gasteiger partial charge in [-0.05, 0) is 84.4 Å². The first kappa shape index (κ1) is 16.2. The van der Waals surface area contributed by atoms with Gasteiger partial charge in [0.2, 0.25) is 0 Å². The van der Waals surface area contributed by atoms with Crippen LogP contribution >= 0.6 is 0 Å². The summed E-state index contributed by atoms with van der Waals surface area (Å²) in [6, 6.07) is 7.11. The van der Waals surface area contributed by atoms with Crippen LogP contribution in [0.3, 0.4) is 0 Å². The van der Waals surface area contributed by atoms with Gasteiger partial charge in [-0.3, -0.25) is 0 Å².